The predicted molar refractivity (Wildman–Crippen MR) is 272 cm³/mol. The van der Waals surface area contributed by atoms with E-state index in [2.05, 4.69) is 31.9 Å². The highest BCUT2D eigenvalue weighted by Gasteiger charge is 2.41. The van der Waals surface area contributed by atoms with Crippen LogP contribution in [0.15, 0.2) is 48.5 Å². The minimum Gasteiger partial charge on any atom is -0.508 e. The lowest BCUT2D eigenvalue weighted by atomic mass is 10.00. The van der Waals surface area contributed by atoms with E-state index in [1.54, 1.807) is 26.0 Å². The Bertz CT molecular complexity index is 2110. The van der Waals surface area contributed by atoms with Crippen molar-refractivity contribution in [3.63, 3.8) is 0 Å². The van der Waals surface area contributed by atoms with Crippen LogP contribution in [0.25, 0.3) is 0 Å². The van der Waals surface area contributed by atoms with Gasteiger partial charge in [-0.1, -0.05) is 52.0 Å². The molecule has 7 amide bonds. The van der Waals surface area contributed by atoms with E-state index < -0.39 is 102 Å². The van der Waals surface area contributed by atoms with Gasteiger partial charge in [0, 0.05) is 19.4 Å². The van der Waals surface area contributed by atoms with Crippen LogP contribution in [-0.2, 0) is 51.2 Å². The van der Waals surface area contributed by atoms with Crippen LogP contribution in [0.2, 0.25) is 0 Å². The van der Waals surface area contributed by atoms with Crippen molar-refractivity contribution < 1.29 is 58.8 Å². The number of hydrogen-bond donors (Lipinski definition) is 12. The summed E-state index contributed by atoms with van der Waals surface area (Å²) in [5.74, 6) is -6.13. The number of carboxylic acid groups (broad SMARTS) is 1. The molecule has 0 unspecified atom stereocenters. The molecule has 22 heteroatoms. The molecular formula is C50H77N9O12S. The number of nitrogens with zero attached hydrogens (tertiary/aromatic N) is 1. The smallest absolute Gasteiger partial charge is 0.326 e. The van der Waals surface area contributed by atoms with Gasteiger partial charge >= 0.3 is 5.97 Å². The van der Waals surface area contributed by atoms with E-state index in [4.69, 9.17) is 11.5 Å². The number of unbranched alkanes of at least 4 members (excludes halogenated alkanes) is 1. The molecule has 0 radical (unpaired) electrons. The van der Waals surface area contributed by atoms with Gasteiger partial charge in [0.05, 0.1) is 12.1 Å². The van der Waals surface area contributed by atoms with Crippen LogP contribution < -0.4 is 43.4 Å². The first-order chi connectivity index (χ1) is 34.0. The first-order valence-corrected chi connectivity index (χ1v) is 26.0. The lowest BCUT2D eigenvalue weighted by Gasteiger charge is -2.31. The van der Waals surface area contributed by atoms with Gasteiger partial charge in [0.15, 0.2) is 0 Å². The van der Waals surface area contributed by atoms with E-state index in [1.807, 2.05) is 20.1 Å². The minimum atomic E-state index is -1.68. The fraction of sp³-hybridized carbons (Fsp3) is 0.600. The van der Waals surface area contributed by atoms with E-state index in [9.17, 15) is 58.8 Å². The molecular weight excluding hydrogens is 951 g/mol. The molecule has 1 fully saturated rings. The first kappa shape index (κ1) is 60.3. The highest BCUT2D eigenvalue weighted by molar-refractivity contribution is 7.98. The van der Waals surface area contributed by atoms with Crippen LogP contribution in [0.5, 0.6) is 11.5 Å². The van der Waals surface area contributed by atoms with Gasteiger partial charge < -0.3 is 68.7 Å². The molecule has 0 bridgehead atoms. The summed E-state index contributed by atoms with van der Waals surface area (Å²) in [4.78, 5) is 111. The number of phenols is 2. The number of hydrogen-bond acceptors (Lipinski definition) is 14. The highest BCUT2D eigenvalue weighted by atomic mass is 32.2. The lowest BCUT2D eigenvalue weighted by molar-refractivity contribution is -0.143. The molecule has 1 aliphatic rings. The zero-order chi connectivity index (χ0) is 53.7. The summed E-state index contributed by atoms with van der Waals surface area (Å²) >= 11 is 1.46. The molecule has 2 aromatic rings. The summed E-state index contributed by atoms with van der Waals surface area (Å²) < 4.78 is 0. The van der Waals surface area contributed by atoms with E-state index in [-0.39, 0.29) is 68.4 Å². The fourth-order valence-electron chi connectivity index (χ4n) is 8.23. The number of aliphatic hydroxyl groups excluding tert-OH is 1. The van der Waals surface area contributed by atoms with Crippen LogP contribution in [-0.4, -0.2) is 152 Å². The van der Waals surface area contributed by atoms with Crippen molar-refractivity contribution in [3.05, 3.63) is 59.7 Å². The predicted octanol–water partition coefficient (Wildman–Crippen LogP) is 0.550. The fourth-order valence-corrected chi connectivity index (χ4v) is 8.70. The van der Waals surface area contributed by atoms with Crippen LogP contribution in [0.3, 0.4) is 0 Å². The van der Waals surface area contributed by atoms with Crippen LogP contribution in [0.1, 0.15) is 97.1 Å². The van der Waals surface area contributed by atoms with Crippen molar-refractivity contribution in [1.29, 1.82) is 0 Å². The largest absolute Gasteiger partial charge is 0.508 e. The SMILES string of the molecule is CSCC[C@H](NC(=O)[C@@H](N)CC(C)C)C(=O)N[C@@H](Cc1ccc(O)cc1)C(=O)N1CCC[C@H]1C(=O)N[C@H](C(=O)N[C@@H](Cc1ccc(O)cc1)C(=O)N[C@H](CC(C)C)C(=O)N[C@@H](CCCCN)C(=O)O)[C@@H](C)O. The number of aliphatic carboxylic acids is 1. The van der Waals surface area contributed by atoms with Crippen molar-refractivity contribution in [1.82, 2.24) is 36.8 Å². The number of thioether (sulfide) groups is 1. The number of amides is 7. The maximum absolute atomic E-state index is 14.6. The van der Waals surface area contributed by atoms with Gasteiger partial charge in [-0.2, -0.15) is 11.8 Å². The normalized spacial score (nSPS) is 16.8. The third-order valence-corrected chi connectivity index (χ3v) is 12.8. The molecule has 0 aliphatic carbocycles. The Morgan fingerprint density at radius 1 is 0.653 bits per heavy atom. The zero-order valence-electron chi connectivity index (χ0n) is 42.2. The zero-order valence-corrected chi connectivity index (χ0v) is 43.0. The lowest BCUT2D eigenvalue weighted by Crippen LogP contribution is -2.62. The molecule has 0 saturated carbocycles. The first-order valence-electron chi connectivity index (χ1n) is 24.6. The summed E-state index contributed by atoms with van der Waals surface area (Å²) in [5.41, 5.74) is 12.7. The standard InChI is InChI=1S/C50H77N9O12S/c1-28(2)24-35(52)43(63)53-36(20-23-72-6)44(64)57-40(27-32-14-18-34(62)19-15-32)49(69)59-22-9-11-41(59)47(67)58-42(30(5)60)48(68)56-39(26-31-12-16-33(61)17-13-31)46(66)55-38(25-29(3)4)45(65)54-37(50(70)71)10-7-8-21-51/h12-19,28-30,35-42,60-62H,7-11,20-27,51-52H2,1-6H3,(H,53,63)(H,54,65)(H,55,66)(H,56,68)(H,57,64)(H,58,67)(H,70,71)/t30-,35+,36+,37+,38-,39+,40+,41+,42+/m1/s1. The van der Waals surface area contributed by atoms with Crippen molar-refractivity contribution >= 4 is 59.1 Å². The Morgan fingerprint density at radius 3 is 1.68 bits per heavy atom. The average molecular weight is 1030 g/mol. The van der Waals surface area contributed by atoms with Crippen LogP contribution in [0.4, 0.5) is 0 Å². The van der Waals surface area contributed by atoms with Gasteiger partial charge in [-0.25, -0.2) is 4.79 Å². The molecule has 1 heterocycles. The Hall–Kier alpha value is -5.97. The number of benzene rings is 2. The van der Waals surface area contributed by atoms with Gasteiger partial charge in [-0.05, 0) is 124 Å². The van der Waals surface area contributed by atoms with E-state index >= 15 is 0 Å². The second-order valence-electron chi connectivity index (χ2n) is 19.2. The number of likely N-dealkylation sites (tertiary alicyclic amines) is 1. The molecule has 14 N–H and O–H groups in total. The van der Waals surface area contributed by atoms with Crippen LogP contribution >= 0.6 is 11.8 Å². The number of carbonyl (C=O) groups is 8. The molecule has 1 saturated heterocycles. The number of nitrogens with one attached hydrogen (secondary N) is 6. The number of rotatable bonds is 30. The Labute approximate surface area is 426 Å². The van der Waals surface area contributed by atoms with Crippen molar-refractivity contribution in [2.75, 3.05) is 25.1 Å². The second-order valence-corrected chi connectivity index (χ2v) is 20.2. The molecule has 72 heavy (non-hydrogen) atoms. The number of aromatic hydroxyl groups is 2. The third-order valence-electron chi connectivity index (χ3n) is 12.1. The van der Waals surface area contributed by atoms with E-state index in [1.165, 1.54) is 60.0 Å². The molecule has 21 nitrogen and oxygen atoms in total. The molecule has 2 aromatic carbocycles. The minimum absolute atomic E-state index is 0.0257. The number of phenolic OH excluding ortho intramolecular Hbond substituents is 2. The number of aliphatic hydroxyl groups is 1. The van der Waals surface area contributed by atoms with Gasteiger partial charge in [-0.3, -0.25) is 33.6 Å². The van der Waals surface area contributed by atoms with Crippen molar-refractivity contribution in [3.8, 4) is 11.5 Å². The summed E-state index contributed by atoms with van der Waals surface area (Å²) in [7, 11) is 0. The molecule has 0 aromatic heterocycles. The second kappa shape index (κ2) is 30.2. The Balaban J connectivity index is 1.90. The molecule has 9 atom stereocenters. The van der Waals surface area contributed by atoms with Gasteiger partial charge in [0.1, 0.15) is 53.8 Å². The summed E-state index contributed by atoms with van der Waals surface area (Å²) in [6, 6.07) is 1.79. The van der Waals surface area contributed by atoms with E-state index in [0.717, 1.165) is 0 Å². The van der Waals surface area contributed by atoms with Gasteiger partial charge in [0.25, 0.3) is 0 Å². The summed E-state index contributed by atoms with van der Waals surface area (Å²) in [5, 5.41) is 56.5. The summed E-state index contributed by atoms with van der Waals surface area (Å²) in [6.45, 7) is 9.10. The highest BCUT2D eigenvalue weighted by Crippen LogP contribution is 2.22. The van der Waals surface area contributed by atoms with Crippen molar-refractivity contribution in [2.24, 2.45) is 23.3 Å². The molecule has 3 rings (SSSR count). The maximum Gasteiger partial charge on any atom is 0.326 e. The van der Waals surface area contributed by atoms with Gasteiger partial charge in [-0.15, -0.1) is 0 Å². The Morgan fingerprint density at radius 2 is 1.15 bits per heavy atom. The maximum atomic E-state index is 14.6. The third kappa shape index (κ3) is 19.9. The molecule has 0 spiro atoms. The summed E-state index contributed by atoms with van der Waals surface area (Å²) in [6.07, 6.45) is 2.31. The van der Waals surface area contributed by atoms with E-state index in [0.29, 0.717) is 49.1 Å². The Kier molecular flexibility index (Phi) is 25.3. The topological polar surface area (TPSA) is 345 Å². The number of carboxylic acids is 1. The molecule has 1 aliphatic heterocycles. The van der Waals surface area contributed by atoms with Gasteiger partial charge in [0.2, 0.25) is 41.4 Å². The monoisotopic (exact) mass is 1030 g/mol. The quantitative estimate of drug-likeness (QED) is 0.0476. The average Bonchev–Trinajstić information content (AvgIpc) is 3.82. The number of nitrogens with two attached hydrogens (primary N) is 2. The van der Waals surface area contributed by atoms with Crippen molar-refractivity contribution in [2.45, 2.75) is 153 Å². The number of carbonyl (C=O) groups excluding carboxylic acids is 7. The van der Waals surface area contributed by atoms with Crippen LogP contribution in [0, 0.1) is 11.8 Å². The molecule has 400 valence electrons.